The third kappa shape index (κ3) is 3.23. The maximum atomic E-state index is 12.4. The molecule has 0 spiro atoms. The second kappa shape index (κ2) is 6.61. The summed E-state index contributed by atoms with van der Waals surface area (Å²) in [5.41, 5.74) is 0.565. The van der Waals surface area contributed by atoms with Crippen molar-refractivity contribution in [3.63, 3.8) is 0 Å². The van der Waals surface area contributed by atoms with Crippen LogP contribution < -0.4 is 5.32 Å². The van der Waals surface area contributed by atoms with Gasteiger partial charge in [0.1, 0.15) is 5.69 Å². The number of carbonyl (C=O) groups is 1. The van der Waals surface area contributed by atoms with Gasteiger partial charge in [0.05, 0.1) is 0 Å². The maximum absolute atomic E-state index is 12.4. The fourth-order valence-electron chi connectivity index (χ4n) is 2.56. The third-order valence-corrected chi connectivity index (χ3v) is 5.54. The van der Waals surface area contributed by atoms with Gasteiger partial charge in [0.2, 0.25) is 0 Å². The number of nitrogens with zero attached hydrogens (tertiary/aromatic N) is 2. The Morgan fingerprint density at radius 1 is 1.63 bits per heavy atom. The predicted molar refractivity (Wildman–Crippen MR) is 83.3 cm³/mol. The van der Waals surface area contributed by atoms with Crippen molar-refractivity contribution in [1.29, 1.82) is 0 Å². The first-order chi connectivity index (χ1) is 9.17. The van der Waals surface area contributed by atoms with Crippen molar-refractivity contribution in [2.45, 2.75) is 37.5 Å². The molecule has 0 bridgehead atoms. The normalized spacial score (nSPS) is 22.5. The van der Waals surface area contributed by atoms with Crippen LogP contribution in [0.1, 0.15) is 36.7 Å². The van der Waals surface area contributed by atoms with Gasteiger partial charge in [-0.1, -0.05) is 6.42 Å². The molecule has 0 saturated heterocycles. The molecule has 1 N–H and O–H groups in total. The number of nitrogens with one attached hydrogen (secondary N) is 1. The van der Waals surface area contributed by atoms with Gasteiger partial charge in [-0.2, -0.15) is 11.8 Å². The average molecular weight is 299 g/mol. The molecule has 2 atom stereocenters. The highest BCUT2D eigenvalue weighted by molar-refractivity contribution is 7.99. The van der Waals surface area contributed by atoms with Crippen LogP contribution in [0.2, 0.25) is 0 Å². The van der Waals surface area contributed by atoms with Gasteiger partial charge in [0.25, 0.3) is 5.91 Å². The summed E-state index contributed by atoms with van der Waals surface area (Å²) < 4.78 is 0. The Bertz CT molecular complexity index is 435. The third-order valence-electron chi connectivity index (χ3n) is 3.59. The monoisotopic (exact) mass is 299 g/mol. The van der Waals surface area contributed by atoms with Gasteiger partial charge in [-0.05, 0) is 26.0 Å². The van der Waals surface area contributed by atoms with Crippen LogP contribution in [-0.2, 0) is 0 Å². The van der Waals surface area contributed by atoms with Gasteiger partial charge in [-0.3, -0.25) is 4.79 Å². The van der Waals surface area contributed by atoms with Crippen molar-refractivity contribution in [3.05, 3.63) is 11.1 Å². The van der Waals surface area contributed by atoms with E-state index in [4.69, 9.17) is 0 Å². The van der Waals surface area contributed by atoms with Crippen molar-refractivity contribution in [2.75, 3.05) is 25.2 Å². The molecule has 1 aliphatic rings. The number of hydrogen-bond acceptors (Lipinski definition) is 5. The lowest BCUT2D eigenvalue weighted by Gasteiger charge is -2.28. The van der Waals surface area contributed by atoms with Crippen LogP contribution in [-0.4, -0.2) is 46.9 Å². The van der Waals surface area contributed by atoms with E-state index in [-0.39, 0.29) is 5.91 Å². The summed E-state index contributed by atoms with van der Waals surface area (Å²) >= 11 is 3.36. The molecule has 19 heavy (non-hydrogen) atoms. The highest BCUT2D eigenvalue weighted by Gasteiger charge is 2.33. The first-order valence-corrected chi connectivity index (χ1v) is 8.83. The summed E-state index contributed by atoms with van der Waals surface area (Å²) in [6.07, 6.45) is 5.67. The van der Waals surface area contributed by atoms with Crippen LogP contribution in [0, 0.1) is 0 Å². The highest BCUT2D eigenvalue weighted by atomic mass is 32.2. The van der Waals surface area contributed by atoms with Crippen LogP contribution in [0.5, 0.6) is 0 Å². The number of aromatic nitrogens is 1. The van der Waals surface area contributed by atoms with Gasteiger partial charge >= 0.3 is 0 Å². The summed E-state index contributed by atoms with van der Waals surface area (Å²) in [5.74, 6) is 0.0475. The van der Waals surface area contributed by atoms with E-state index in [9.17, 15) is 4.79 Å². The zero-order chi connectivity index (χ0) is 13.8. The standard InChI is InChI=1S/C13H21N3OS2/c1-4-14-13-15-9(8-19-13)12(17)16(2)10-6-5-7-11(10)18-3/h8,10-11H,4-7H2,1-3H3,(H,14,15)/t10-,11+/m1/s1. The topological polar surface area (TPSA) is 45.2 Å². The minimum atomic E-state index is 0.0475. The fourth-order valence-corrected chi connectivity index (χ4v) is 4.35. The Labute approximate surface area is 123 Å². The Kier molecular flexibility index (Phi) is 5.10. The van der Waals surface area contributed by atoms with E-state index in [1.165, 1.54) is 24.2 Å². The molecule has 1 heterocycles. The Balaban J connectivity index is 2.05. The predicted octanol–water partition coefficient (Wildman–Crippen LogP) is 2.93. The molecule has 0 aliphatic heterocycles. The molecular formula is C13H21N3OS2. The largest absolute Gasteiger partial charge is 0.362 e. The lowest BCUT2D eigenvalue weighted by molar-refractivity contribution is 0.0733. The second-order valence-corrected chi connectivity index (χ2v) is 6.69. The quantitative estimate of drug-likeness (QED) is 0.908. The number of rotatable bonds is 5. The van der Waals surface area contributed by atoms with Crippen molar-refractivity contribution < 1.29 is 4.79 Å². The van der Waals surface area contributed by atoms with E-state index in [2.05, 4.69) is 16.6 Å². The molecule has 6 heteroatoms. The minimum Gasteiger partial charge on any atom is -0.362 e. The number of thioether (sulfide) groups is 1. The average Bonchev–Trinajstić information content (AvgIpc) is 3.05. The molecule has 1 aromatic rings. The molecule has 0 unspecified atom stereocenters. The molecule has 0 aromatic carbocycles. The molecule has 1 aliphatic carbocycles. The summed E-state index contributed by atoms with van der Waals surface area (Å²) in [5, 5.41) is 6.39. The lowest BCUT2D eigenvalue weighted by atomic mass is 10.2. The second-order valence-electron chi connectivity index (χ2n) is 4.76. The van der Waals surface area contributed by atoms with Gasteiger partial charge in [-0.25, -0.2) is 4.98 Å². The van der Waals surface area contributed by atoms with Crippen LogP contribution >= 0.6 is 23.1 Å². The number of anilines is 1. The molecule has 4 nitrogen and oxygen atoms in total. The van der Waals surface area contributed by atoms with E-state index >= 15 is 0 Å². The Morgan fingerprint density at radius 3 is 3.11 bits per heavy atom. The molecule has 106 valence electrons. The minimum absolute atomic E-state index is 0.0475. The molecule has 0 radical (unpaired) electrons. The molecule has 1 saturated carbocycles. The van der Waals surface area contributed by atoms with Gasteiger partial charge in [0.15, 0.2) is 5.13 Å². The molecule has 1 aromatic heterocycles. The SMILES string of the molecule is CCNc1nc(C(=O)N(C)[C@@H]2CCC[C@@H]2SC)cs1. The smallest absolute Gasteiger partial charge is 0.273 e. The van der Waals surface area contributed by atoms with Crippen LogP contribution in [0.15, 0.2) is 5.38 Å². The zero-order valence-corrected chi connectivity index (χ0v) is 13.3. The molecule has 1 fully saturated rings. The van der Waals surface area contributed by atoms with Crippen molar-refractivity contribution in [1.82, 2.24) is 9.88 Å². The highest BCUT2D eigenvalue weighted by Crippen LogP contribution is 2.32. The van der Waals surface area contributed by atoms with E-state index < -0.39 is 0 Å². The van der Waals surface area contributed by atoms with Crippen molar-refractivity contribution >= 4 is 34.1 Å². The summed E-state index contributed by atoms with van der Waals surface area (Å²) in [4.78, 5) is 18.7. The van der Waals surface area contributed by atoms with Crippen molar-refractivity contribution in [2.24, 2.45) is 0 Å². The van der Waals surface area contributed by atoms with Crippen LogP contribution in [0.4, 0.5) is 5.13 Å². The summed E-state index contributed by atoms with van der Waals surface area (Å²) in [6.45, 7) is 2.85. The number of hydrogen-bond donors (Lipinski definition) is 1. The fraction of sp³-hybridized carbons (Fsp3) is 0.692. The number of carbonyl (C=O) groups excluding carboxylic acids is 1. The molecule has 2 rings (SSSR count). The van der Waals surface area contributed by atoms with E-state index in [0.29, 0.717) is 17.0 Å². The lowest BCUT2D eigenvalue weighted by Crippen LogP contribution is -2.40. The van der Waals surface area contributed by atoms with E-state index in [0.717, 1.165) is 18.1 Å². The van der Waals surface area contributed by atoms with Crippen LogP contribution in [0.25, 0.3) is 0 Å². The zero-order valence-electron chi connectivity index (χ0n) is 11.7. The van der Waals surface area contributed by atoms with Crippen LogP contribution in [0.3, 0.4) is 0 Å². The Morgan fingerprint density at radius 2 is 2.42 bits per heavy atom. The maximum Gasteiger partial charge on any atom is 0.273 e. The molecular weight excluding hydrogens is 278 g/mol. The summed E-state index contributed by atoms with van der Waals surface area (Å²) in [7, 11) is 1.91. The van der Waals surface area contributed by atoms with Crippen molar-refractivity contribution in [3.8, 4) is 0 Å². The Hall–Kier alpha value is -0.750. The summed E-state index contributed by atoms with van der Waals surface area (Å²) in [6, 6.07) is 0.354. The van der Waals surface area contributed by atoms with Gasteiger partial charge in [0, 0.05) is 30.3 Å². The van der Waals surface area contributed by atoms with E-state index in [1.807, 2.05) is 36.0 Å². The first-order valence-electron chi connectivity index (χ1n) is 6.66. The van der Waals surface area contributed by atoms with Gasteiger partial charge in [-0.15, -0.1) is 11.3 Å². The van der Waals surface area contributed by atoms with E-state index in [1.54, 1.807) is 0 Å². The number of thiazole rings is 1. The molecule has 1 amide bonds. The van der Waals surface area contributed by atoms with Gasteiger partial charge < -0.3 is 10.2 Å². The number of amides is 1. The first kappa shape index (κ1) is 14.7.